The molecule has 1 aliphatic carbocycles. The molecule has 3 heteroatoms. The summed E-state index contributed by atoms with van der Waals surface area (Å²) in [7, 11) is 0. The van der Waals surface area contributed by atoms with Crippen LogP contribution in [0.1, 0.15) is 29.5 Å². The summed E-state index contributed by atoms with van der Waals surface area (Å²) in [6, 6.07) is 2.00. The lowest BCUT2D eigenvalue weighted by molar-refractivity contribution is 0.598. The monoisotopic (exact) mass is 257 g/mol. The first-order valence-electron chi connectivity index (χ1n) is 4.70. The van der Waals surface area contributed by atoms with Gasteiger partial charge in [0.15, 0.2) is 0 Å². The number of hydrogen-bond acceptors (Lipinski definition) is 1. The molecule has 0 aliphatic heterocycles. The summed E-state index contributed by atoms with van der Waals surface area (Å²) in [6.45, 7) is 3.68. The van der Waals surface area contributed by atoms with Crippen LogP contribution in [0.15, 0.2) is 10.5 Å². The molecule has 14 heavy (non-hydrogen) atoms. The predicted molar refractivity (Wildman–Crippen MR) is 58.7 cm³/mol. The number of nitrogens with two attached hydrogens (primary N) is 1. The van der Waals surface area contributed by atoms with E-state index in [0.717, 1.165) is 24.0 Å². The van der Waals surface area contributed by atoms with Gasteiger partial charge in [-0.05, 0) is 59.3 Å². The Kier molecular flexibility index (Phi) is 2.20. The molecule has 0 unspecified atom stereocenters. The Labute approximate surface area is 91.6 Å². The van der Waals surface area contributed by atoms with Gasteiger partial charge in [-0.2, -0.15) is 0 Å². The van der Waals surface area contributed by atoms with Gasteiger partial charge in [0.05, 0.1) is 4.47 Å². The lowest BCUT2D eigenvalue weighted by Crippen LogP contribution is -2.21. The highest BCUT2D eigenvalue weighted by Crippen LogP contribution is 2.45. The van der Waals surface area contributed by atoms with Crippen molar-refractivity contribution in [1.82, 2.24) is 0 Å². The minimum Gasteiger partial charge on any atom is -0.321 e. The normalized spacial score (nSPS) is 18.4. The Balaban J connectivity index is 2.62. The Bertz CT molecular complexity index is 397. The zero-order valence-corrected chi connectivity index (χ0v) is 9.91. The Morgan fingerprint density at radius 2 is 2.00 bits per heavy atom. The van der Waals surface area contributed by atoms with Crippen LogP contribution in [0, 0.1) is 19.7 Å². The van der Waals surface area contributed by atoms with E-state index in [0.29, 0.717) is 10.0 Å². The highest BCUT2D eigenvalue weighted by molar-refractivity contribution is 9.10. The van der Waals surface area contributed by atoms with Crippen LogP contribution in [0.3, 0.4) is 0 Å². The molecule has 76 valence electrons. The Morgan fingerprint density at radius 1 is 1.43 bits per heavy atom. The van der Waals surface area contributed by atoms with Crippen LogP contribution < -0.4 is 5.73 Å². The van der Waals surface area contributed by atoms with Crippen LogP contribution in [-0.4, -0.2) is 0 Å². The van der Waals surface area contributed by atoms with E-state index in [1.807, 2.05) is 13.0 Å². The van der Waals surface area contributed by atoms with Gasteiger partial charge in [0.25, 0.3) is 0 Å². The SMILES string of the molecule is Cc1cc(C2(N)CC2)c(C)c(F)c1Br. The van der Waals surface area contributed by atoms with E-state index in [2.05, 4.69) is 15.9 Å². The summed E-state index contributed by atoms with van der Waals surface area (Å²) >= 11 is 3.24. The summed E-state index contributed by atoms with van der Waals surface area (Å²) < 4.78 is 14.3. The maximum atomic E-state index is 13.7. The van der Waals surface area contributed by atoms with Crippen LogP contribution >= 0.6 is 15.9 Å². The molecule has 0 heterocycles. The van der Waals surface area contributed by atoms with Gasteiger partial charge in [-0.1, -0.05) is 6.07 Å². The molecule has 1 aromatic carbocycles. The van der Waals surface area contributed by atoms with E-state index in [1.165, 1.54) is 0 Å². The van der Waals surface area contributed by atoms with Gasteiger partial charge in [0.1, 0.15) is 5.82 Å². The fourth-order valence-corrected chi connectivity index (χ4v) is 2.18. The number of halogens is 2. The van der Waals surface area contributed by atoms with Crippen molar-refractivity contribution < 1.29 is 4.39 Å². The first-order chi connectivity index (χ1) is 6.46. The second-order valence-corrected chi connectivity index (χ2v) is 4.94. The minimum absolute atomic E-state index is 0.170. The average Bonchev–Trinajstić information content (AvgIpc) is 2.87. The smallest absolute Gasteiger partial charge is 0.140 e. The van der Waals surface area contributed by atoms with Crippen molar-refractivity contribution in [2.45, 2.75) is 32.2 Å². The minimum atomic E-state index is -0.254. The van der Waals surface area contributed by atoms with E-state index in [1.54, 1.807) is 6.92 Å². The van der Waals surface area contributed by atoms with Gasteiger partial charge in [-0.25, -0.2) is 4.39 Å². The molecule has 0 radical (unpaired) electrons. The van der Waals surface area contributed by atoms with Gasteiger partial charge in [-0.15, -0.1) is 0 Å². The van der Waals surface area contributed by atoms with Crippen molar-refractivity contribution >= 4 is 15.9 Å². The van der Waals surface area contributed by atoms with E-state index in [-0.39, 0.29) is 11.4 Å². The molecule has 0 amide bonds. The molecule has 1 saturated carbocycles. The molecule has 0 bridgehead atoms. The molecular weight excluding hydrogens is 245 g/mol. The Morgan fingerprint density at radius 3 is 2.50 bits per heavy atom. The molecular formula is C11H13BrFN. The number of rotatable bonds is 1. The molecule has 2 rings (SSSR count). The fourth-order valence-electron chi connectivity index (χ4n) is 1.77. The Hall–Kier alpha value is -0.410. The van der Waals surface area contributed by atoms with Crippen LogP contribution in [0.2, 0.25) is 0 Å². The van der Waals surface area contributed by atoms with Crippen molar-refractivity contribution in [1.29, 1.82) is 0 Å². The van der Waals surface area contributed by atoms with Crippen LogP contribution in [0.5, 0.6) is 0 Å². The largest absolute Gasteiger partial charge is 0.321 e. The standard InChI is InChI=1S/C11H13BrFN/c1-6-5-8(11(14)3-4-11)7(2)10(13)9(6)12/h5H,3-4,14H2,1-2H3. The summed E-state index contributed by atoms with van der Waals surface area (Å²) in [6.07, 6.45) is 1.93. The maximum absolute atomic E-state index is 13.7. The van der Waals surface area contributed by atoms with Crippen molar-refractivity contribution in [3.05, 3.63) is 33.0 Å². The van der Waals surface area contributed by atoms with Crippen LogP contribution in [-0.2, 0) is 5.54 Å². The zero-order chi connectivity index (χ0) is 10.5. The number of hydrogen-bond donors (Lipinski definition) is 1. The zero-order valence-electron chi connectivity index (χ0n) is 8.32. The van der Waals surface area contributed by atoms with E-state index >= 15 is 0 Å². The van der Waals surface area contributed by atoms with E-state index < -0.39 is 0 Å². The van der Waals surface area contributed by atoms with Crippen LogP contribution in [0.25, 0.3) is 0 Å². The lowest BCUT2D eigenvalue weighted by atomic mass is 9.97. The number of aryl methyl sites for hydroxylation is 1. The van der Waals surface area contributed by atoms with Gasteiger partial charge in [-0.3, -0.25) is 0 Å². The van der Waals surface area contributed by atoms with Gasteiger partial charge < -0.3 is 5.73 Å². The van der Waals surface area contributed by atoms with Gasteiger partial charge >= 0.3 is 0 Å². The van der Waals surface area contributed by atoms with Crippen molar-refractivity contribution in [2.24, 2.45) is 5.73 Å². The molecule has 2 N–H and O–H groups in total. The van der Waals surface area contributed by atoms with Gasteiger partial charge in [0, 0.05) is 5.54 Å². The van der Waals surface area contributed by atoms with Crippen molar-refractivity contribution in [3.63, 3.8) is 0 Å². The third kappa shape index (κ3) is 1.39. The highest BCUT2D eigenvalue weighted by atomic mass is 79.9. The van der Waals surface area contributed by atoms with Gasteiger partial charge in [0.2, 0.25) is 0 Å². The third-order valence-electron chi connectivity index (χ3n) is 2.96. The molecule has 0 spiro atoms. The molecule has 1 fully saturated rings. The quantitative estimate of drug-likeness (QED) is 0.822. The molecule has 1 nitrogen and oxygen atoms in total. The van der Waals surface area contributed by atoms with E-state index in [4.69, 9.17) is 5.73 Å². The molecule has 0 saturated heterocycles. The second kappa shape index (κ2) is 3.04. The molecule has 0 aromatic heterocycles. The van der Waals surface area contributed by atoms with Crippen molar-refractivity contribution in [2.75, 3.05) is 0 Å². The number of benzene rings is 1. The lowest BCUT2D eigenvalue weighted by Gasteiger charge is -2.15. The first-order valence-corrected chi connectivity index (χ1v) is 5.49. The topological polar surface area (TPSA) is 26.0 Å². The summed E-state index contributed by atoms with van der Waals surface area (Å²) in [4.78, 5) is 0. The first kappa shape index (κ1) is 10.1. The molecule has 0 atom stereocenters. The fraction of sp³-hybridized carbons (Fsp3) is 0.455. The van der Waals surface area contributed by atoms with Crippen LogP contribution in [0.4, 0.5) is 4.39 Å². The summed E-state index contributed by atoms with van der Waals surface area (Å²) in [5.74, 6) is -0.170. The molecule has 1 aliphatic rings. The molecule has 1 aromatic rings. The van der Waals surface area contributed by atoms with E-state index in [9.17, 15) is 4.39 Å². The predicted octanol–water partition coefficient (Wildman–Crippen LogP) is 3.15. The highest BCUT2D eigenvalue weighted by Gasteiger charge is 2.41. The third-order valence-corrected chi connectivity index (χ3v) is 3.93. The second-order valence-electron chi connectivity index (χ2n) is 4.15. The summed E-state index contributed by atoms with van der Waals surface area (Å²) in [5.41, 5.74) is 8.39. The summed E-state index contributed by atoms with van der Waals surface area (Å²) in [5, 5.41) is 0. The average molecular weight is 258 g/mol. The van der Waals surface area contributed by atoms with Crippen molar-refractivity contribution in [3.8, 4) is 0 Å². The maximum Gasteiger partial charge on any atom is 0.140 e.